The van der Waals surface area contributed by atoms with Gasteiger partial charge in [-0.1, -0.05) is 12.1 Å². The number of pyridine rings is 1. The average molecular weight is 225 g/mol. The fraction of sp³-hybridized carbons (Fsp3) is 0.214. The van der Waals surface area contributed by atoms with Gasteiger partial charge in [-0.15, -0.1) is 0 Å². The van der Waals surface area contributed by atoms with Gasteiger partial charge in [-0.05, 0) is 41.8 Å². The Balaban J connectivity index is 1.88. The van der Waals surface area contributed by atoms with Crippen molar-refractivity contribution in [3.63, 3.8) is 0 Å². The van der Waals surface area contributed by atoms with Crippen molar-refractivity contribution in [1.29, 1.82) is 0 Å². The fourth-order valence-corrected chi connectivity index (χ4v) is 2.31. The molecule has 0 atom stereocenters. The minimum absolute atomic E-state index is 0.857. The van der Waals surface area contributed by atoms with E-state index in [0.717, 1.165) is 31.0 Å². The Hall–Kier alpha value is -2.03. The Kier molecular flexibility index (Phi) is 2.44. The van der Waals surface area contributed by atoms with Gasteiger partial charge in [0.05, 0.1) is 0 Å². The second-order valence-electron chi connectivity index (χ2n) is 4.39. The van der Waals surface area contributed by atoms with E-state index in [2.05, 4.69) is 28.1 Å². The number of aromatic nitrogens is 1. The Morgan fingerprint density at radius 2 is 2.06 bits per heavy atom. The standard InChI is InChI=1S/C14H15N3/c15-13-5-4-12-10-17(8-6-11(12)9-13)14-3-1-2-7-16-14/h1-5,7,9H,6,8,10,15H2. The predicted octanol–water partition coefficient (Wildman–Crippen LogP) is 2.23. The van der Waals surface area contributed by atoms with Crippen molar-refractivity contribution >= 4 is 11.5 Å². The average Bonchev–Trinajstić information content (AvgIpc) is 2.39. The highest BCUT2D eigenvalue weighted by atomic mass is 15.2. The van der Waals surface area contributed by atoms with Gasteiger partial charge in [-0.25, -0.2) is 4.98 Å². The van der Waals surface area contributed by atoms with Gasteiger partial charge in [0.25, 0.3) is 0 Å². The van der Waals surface area contributed by atoms with Crippen LogP contribution >= 0.6 is 0 Å². The summed E-state index contributed by atoms with van der Waals surface area (Å²) in [5.74, 6) is 1.05. The van der Waals surface area contributed by atoms with Gasteiger partial charge in [0.2, 0.25) is 0 Å². The van der Waals surface area contributed by atoms with E-state index in [-0.39, 0.29) is 0 Å². The Labute approximate surface area is 101 Å². The van der Waals surface area contributed by atoms with Gasteiger partial charge in [-0.2, -0.15) is 0 Å². The van der Waals surface area contributed by atoms with E-state index in [0.29, 0.717) is 0 Å². The molecule has 3 heteroatoms. The first kappa shape index (κ1) is 10.1. The van der Waals surface area contributed by atoms with Crippen LogP contribution in [0.2, 0.25) is 0 Å². The summed E-state index contributed by atoms with van der Waals surface area (Å²) in [6.07, 6.45) is 2.88. The van der Waals surface area contributed by atoms with Crippen molar-refractivity contribution < 1.29 is 0 Å². The summed E-state index contributed by atoms with van der Waals surface area (Å²) in [6, 6.07) is 12.2. The third-order valence-corrected chi connectivity index (χ3v) is 3.22. The van der Waals surface area contributed by atoms with E-state index in [1.807, 2.05) is 24.4 Å². The number of nitrogens with zero attached hydrogens (tertiary/aromatic N) is 2. The second-order valence-corrected chi connectivity index (χ2v) is 4.39. The molecule has 2 aromatic rings. The van der Waals surface area contributed by atoms with Crippen LogP contribution in [0.5, 0.6) is 0 Å². The molecular formula is C14H15N3. The molecule has 0 spiro atoms. The fourth-order valence-electron chi connectivity index (χ4n) is 2.31. The van der Waals surface area contributed by atoms with Crippen molar-refractivity contribution in [1.82, 2.24) is 4.98 Å². The van der Waals surface area contributed by atoms with Crippen LogP contribution in [0.1, 0.15) is 11.1 Å². The van der Waals surface area contributed by atoms with Crippen LogP contribution in [-0.2, 0) is 13.0 Å². The lowest BCUT2D eigenvalue weighted by molar-refractivity contribution is 0.721. The molecule has 0 amide bonds. The second kappa shape index (κ2) is 4.09. The largest absolute Gasteiger partial charge is 0.399 e. The van der Waals surface area contributed by atoms with Gasteiger partial charge < -0.3 is 10.6 Å². The minimum atomic E-state index is 0.857. The first-order chi connectivity index (χ1) is 8.33. The van der Waals surface area contributed by atoms with Gasteiger partial charge in [0, 0.05) is 25.0 Å². The van der Waals surface area contributed by atoms with Crippen molar-refractivity contribution in [3.05, 3.63) is 53.7 Å². The third kappa shape index (κ3) is 1.96. The first-order valence-electron chi connectivity index (χ1n) is 5.86. The quantitative estimate of drug-likeness (QED) is 0.757. The minimum Gasteiger partial charge on any atom is -0.399 e. The van der Waals surface area contributed by atoms with Crippen molar-refractivity contribution in [2.45, 2.75) is 13.0 Å². The van der Waals surface area contributed by atoms with E-state index in [9.17, 15) is 0 Å². The molecule has 0 fully saturated rings. The number of hydrogen-bond acceptors (Lipinski definition) is 3. The lowest BCUT2D eigenvalue weighted by Gasteiger charge is -2.29. The lowest BCUT2D eigenvalue weighted by Crippen LogP contribution is -2.30. The molecule has 2 heterocycles. The number of nitrogens with two attached hydrogens (primary N) is 1. The number of nitrogen functional groups attached to an aromatic ring is 1. The summed E-state index contributed by atoms with van der Waals surface area (Å²) in [6.45, 7) is 1.93. The number of hydrogen-bond donors (Lipinski definition) is 1. The highest BCUT2D eigenvalue weighted by Crippen LogP contribution is 2.24. The molecule has 1 aliphatic rings. The van der Waals surface area contributed by atoms with E-state index in [1.54, 1.807) is 0 Å². The molecule has 1 aliphatic heterocycles. The molecule has 0 unspecified atom stereocenters. The van der Waals surface area contributed by atoms with Gasteiger partial charge >= 0.3 is 0 Å². The first-order valence-corrected chi connectivity index (χ1v) is 5.86. The topological polar surface area (TPSA) is 42.1 Å². The molecule has 3 nitrogen and oxygen atoms in total. The Morgan fingerprint density at radius 1 is 1.12 bits per heavy atom. The van der Waals surface area contributed by atoms with Crippen LogP contribution in [0, 0.1) is 0 Å². The van der Waals surface area contributed by atoms with E-state index in [4.69, 9.17) is 5.73 Å². The molecule has 0 saturated heterocycles. The highest BCUT2D eigenvalue weighted by molar-refractivity contribution is 5.49. The molecular weight excluding hydrogens is 210 g/mol. The molecule has 0 saturated carbocycles. The number of benzene rings is 1. The van der Waals surface area contributed by atoms with Crippen molar-refractivity contribution in [2.24, 2.45) is 0 Å². The van der Waals surface area contributed by atoms with Crippen LogP contribution in [0.4, 0.5) is 11.5 Å². The zero-order chi connectivity index (χ0) is 11.7. The molecule has 0 radical (unpaired) electrons. The maximum Gasteiger partial charge on any atom is 0.128 e. The number of anilines is 2. The van der Waals surface area contributed by atoms with Crippen LogP contribution in [0.15, 0.2) is 42.6 Å². The third-order valence-electron chi connectivity index (χ3n) is 3.22. The van der Waals surface area contributed by atoms with Crippen LogP contribution in [0.25, 0.3) is 0 Å². The van der Waals surface area contributed by atoms with E-state index >= 15 is 0 Å². The Bertz CT molecular complexity index is 522. The summed E-state index contributed by atoms with van der Waals surface area (Å²) in [5.41, 5.74) is 9.39. The summed E-state index contributed by atoms with van der Waals surface area (Å²) in [7, 11) is 0. The molecule has 3 rings (SSSR count). The zero-order valence-corrected chi connectivity index (χ0v) is 9.63. The van der Waals surface area contributed by atoms with Crippen LogP contribution in [0.3, 0.4) is 0 Å². The predicted molar refractivity (Wildman–Crippen MR) is 69.8 cm³/mol. The Morgan fingerprint density at radius 3 is 2.88 bits per heavy atom. The van der Waals surface area contributed by atoms with Crippen molar-refractivity contribution in [2.75, 3.05) is 17.2 Å². The molecule has 0 bridgehead atoms. The molecule has 0 aliphatic carbocycles. The summed E-state index contributed by atoms with van der Waals surface area (Å²) in [5, 5.41) is 0. The summed E-state index contributed by atoms with van der Waals surface area (Å²) >= 11 is 0. The van der Waals surface area contributed by atoms with Crippen LogP contribution in [-0.4, -0.2) is 11.5 Å². The van der Waals surface area contributed by atoms with Gasteiger partial charge in [-0.3, -0.25) is 0 Å². The van der Waals surface area contributed by atoms with E-state index < -0.39 is 0 Å². The maximum absolute atomic E-state index is 5.80. The molecule has 86 valence electrons. The SMILES string of the molecule is Nc1ccc2c(c1)CCN(c1ccccn1)C2. The zero-order valence-electron chi connectivity index (χ0n) is 9.63. The highest BCUT2D eigenvalue weighted by Gasteiger charge is 2.16. The summed E-state index contributed by atoms with van der Waals surface area (Å²) in [4.78, 5) is 6.70. The van der Waals surface area contributed by atoms with Crippen molar-refractivity contribution in [3.8, 4) is 0 Å². The monoisotopic (exact) mass is 225 g/mol. The van der Waals surface area contributed by atoms with Gasteiger partial charge in [0.15, 0.2) is 0 Å². The molecule has 17 heavy (non-hydrogen) atoms. The number of rotatable bonds is 1. The summed E-state index contributed by atoms with van der Waals surface area (Å²) < 4.78 is 0. The normalized spacial score (nSPS) is 14.5. The molecule has 1 aromatic carbocycles. The maximum atomic E-state index is 5.80. The number of fused-ring (bicyclic) bond motifs is 1. The molecule has 1 aromatic heterocycles. The van der Waals surface area contributed by atoms with Crippen LogP contribution < -0.4 is 10.6 Å². The smallest absolute Gasteiger partial charge is 0.128 e. The lowest BCUT2D eigenvalue weighted by atomic mass is 9.99. The van der Waals surface area contributed by atoms with Gasteiger partial charge in [0.1, 0.15) is 5.82 Å². The van der Waals surface area contributed by atoms with E-state index in [1.165, 1.54) is 11.1 Å². The molecule has 2 N–H and O–H groups in total.